The number of carbonyl (C=O) groups excluding carboxylic acids is 2. The molecule has 2 aliphatic rings. The largest absolute Gasteiger partial charge is 0.502 e. The number of carbonyl (C=O) groups is 2. The number of amides is 2. The number of H-pyrrole nitrogens is 1. The summed E-state index contributed by atoms with van der Waals surface area (Å²) in [4.78, 5) is 42.7. The van der Waals surface area contributed by atoms with Crippen molar-refractivity contribution in [1.29, 1.82) is 0 Å². The van der Waals surface area contributed by atoms with Crippen molar-refractivity contribution in [3.8, 4) is 17.2 Å². The van der Waals surface area contributed by atoms with Crippen molar-refractivity contribution in [2.45, 2.75) is 22.4 Å². The maximum Gasteiger partial charge on any atom is 0.418 e. The molecule has 1 fully saturated rings. The van der Waals surface area contributed by atoms with Crippen LogP contribution in [0.2, 0.25) is 0 Å². The molecule has 8 nitrogen and oxygen atoms in total. The van der Waals surface area contributed by atoms with E-state index in [2.05, 4.69) is 4.98 Å². The lowest BCUT2D eigenvalue weighted by Gasteiger charge is -2.30. The third-order valence-corrected chi connectivity index (χ3v) is 8.54. The van der Waals surface area contributed by atoms with Crippen LogP contribution in [0.15, 0.2) is 46.2 Å². The number of halogens is 3. The maximum atomic E-state index is 13.7. The van der Waals surface area contributed by atoms with E-state index in [1.165, 1.54) is 38.5 Å². The Labute approximate surface area is 209 Å². The molecule has 3 unspecified atom stereocenters. The smallest absolute Gasteiger partial charge is 0.418 e. The number of thioether (sulfide) groups is 1. The summed E-state index contributed by atoms with van der Waals surface area (Å²) >= 11 is 1.79. The fraction of sp³-hybridized carbons (Fsp3) is 0.261. The number of methoxy groups -OCH3 is 2. The number of imide groups is 1. The Hall–Kier alpha value is -3.45. The van der Waals surface area contributed by atoms with Crippen LogP contribution in [-0.4, -0.2) is 41.4 Å². The molecule has 2 aromatic carbocycles. The highest BCUT2D eigenvalue weighted by atomic mass is 32.2. The number of benzene rings is 2. The van der Waals surface area contributed by atoms with Gasteiger partial charge in [0.05, 0.1) is 36.4 Å². The lowest BCUT2D eigenvalue weighted by molar-refractivity contribution is -0.137. The minimum absolute atomic E-state index is 0.0274. The van der Waals surface area contributed by atoms with Crippen LogP contribution in [0, 0.1) is 5.92 Å². The molecule has 0 radical (unpaired) electrons. The zero-order valence-electron chi connectivity index (χ0n) is 18.6. The molecule has 0 aliphatic carbocycles. The molecule has 13 heteroatoms. The number of rotatable bonds is 4. The number of anilines is 1. The van der Waals surface area contributed by atoms with Gasteiger partial charge in [0.15, 0.2) is 11.5 Å². The second-order valence-corrected chi connectivity index (χ2v) is 10.2. The fourth-order valence-electron chi connectivity index (χ4n) is 4.62. The van der Waals surface area contributed by atoms with Crippen LogP contribution in [0.3, 0.4) is 0 Å². The molecule has 2 aliphatic heterocycles. The summed E-state index contributed by atoms with van der Waals surface area (Å²) in [7, 11) is 2.63. The quantitative estimate of drug-likeness (QED) is 0.484. The van der Waals surface area contributed by atoms with Gasteiger partial charge in [0.2, 0.25) is 17.6 Å². The Bertz CT molecular complexity index is 1430. The zero-order chi connectivity index (χ0) is 25.9. The SMILES string of the molecule is COc1cc(C2c3sc(=O)[nH]c3SC3C(=O)N(c4ccccc4C(F)(F)F)C(=O)C32)cc(OC)c1O. The van der Waals surface area contributed by atoms with Crippen molar-refractivity contribution in [1.82, 2.24) is 4.98 Å². The highest BCUT2D eigenvalue weighted by Crippen LogP contribution is 2.55. The number of nitrogens with one attached hydrogen (secondary N) is 1. The molecular weight excluding hydrogens is 521 g/mol. The minimum Gasteiger partial charge on any atom is -0.502 e. The highest BCUT2D eigenvalue weighted by Gasteiger charge is 2.57. The molecule has 0 spiro atoms. The van der Waals surface area contributed by atoms with Crippen LogP contribution in [-0.2, 0) is 15.8 Å². The number of aromatic hydroxyl groups is 1. The first-order valence-corrected chi connectivity index (χ1v) is 12.1. The molecular formula is C23H17F3N2O6S2. The number of fused-ring (bicyclic) bond motifs is 2. The highest BCUT2D eigenvalue weighted by molar-refractivity contribution is 8.00. The summed E-state index contributed by atoms with van der Waals surface area (Å²) in [6, 6.07) is 7.30. The molecule has 3 heterocycles. The van der Waals surface area contributed by atoms with Gasteiger partial charge in [0.1, 0.15) is 5.25 Å². The van der Waals surface area contributed by atoms with Crippen LogP contribution in [0.25, 0.3) is 0 Å². The van der Waals surface area contributed by atoms with Crippen molar-refractivity contribution < 1.29 is 37.3 Å². The lowest BCUT2D eigenvalue weighted by Crippen LogP contribution is -2.33. The summed E-state index contributed by atoms with van der Waals surface area (Å²) in [6.45, 7) is 0. The van der Waals surface area contributed by atoms with Gasteiger partial charge in [-0.15, -0.1) is 0 Å². The number of ether oxygens (including phenoxy) is 2. The molecule has 0 saturated carbocycles. The van der Waals surface area contributed by atoms with E-state index in [0.717, 1.165) is 35.2 Å². The average Bonchev–Trinajstić information content (AvgIpc) is 3.33. The maximum absolute atomic E-state index is 13.7. The minimum atomic E-state index is -4.79. The molecule has 188 valence electrons. The van der Waals surface area contributed by atoms with Gasteiger partial charge in [-0.25, -0.2) is 4.90 Å². The van der Waals surface area contributed by atoms with Gasteiger partial charge in [-0.3, -0.25) is 14.4 Å². The van der Waals surface area contributed by atoms with Gasteiger partial charge >= 0.3 is 11.0 Å². The van der Waals surface area contributed by atoms with Gasteiger partial charge in [-0.2, -0.15) is 13.2 Å². The van der Waals surface area contributed by atoms with Crippen LogP contribution in [0.4, 0.5) is 18.9 Å². The standard InChI is InChI=1S/C23H17F3N2O6S2/c1-33-12-7-9(8-13(34-2)16(12)29)14-15-18(35-19-17(14)36-22(32)27-19)21(31)28(20(15)30)11-6-4-3-5-10(11)23(24,25)26/h3-8,14-15,18,29H,1-2H3,(H,27,32). The van der Waals surface area contributed by atoms with Crippen molar-refractivity contribution in [2.75, 3.05) is 19.1 Å². The molecule has 3 aromatic rings. The summed E-state index contributed by atoms with van der Waals surface area (Å²) < 4.78 is 51.7. The number of aromatic nitrogens is 1. The van der Waals surface area contributed by atoms with Gasteiger partial charge in [0, 0.05) is 10.8 Å². The van der Waals surface area contributed by atoms with Crippen LogP contribution >= 0.6 is 23.1 Å². The van der Waals surface area contributed by atoms with E-state index >= 15 is 0 Å². The zero-order valence-corrected chi connectivity index (χ0v) is 20.2. The lowest BCUT2D eigenvalue weighted by atomic mass is 9.83. The molecule has 3 atom stereocenters. The van der Waals surface area contributed by atoms with Crippen molar-refractivity contribution in [3.05, 3.63) is 62.1 Å². The van der Waals surface area contributed by atoms with E-state index in [9.17, 15) is 32.7 Å². The Morgan fingerprint density at radius 2 is 1.67 bits per heavy atom. The Morgan fingerprint density at radius 3 is 2.28 bits per heavy atom. The first-order valence-electron chi connectivity index (χ1n) is 10.4. The van der Waals surface area contributed by atoms with Crippen molar-refractivity contribution in [3.63, 3.8) is 0 Å². The van der Waals surface area contributed by atoms with E-state index in [-0.39, 0.29) is 17.2 Å². The Kier molecular flexibility index (Phi) is 5.79. The first kappa shape index (κ1) is 24.3. The predicted molar refractivity (Wildman–Crippen MR) is 125 cm³/mol. The average molecular weight is 539 g/mol. The molecule has 2 N–H and O–H groups in total. The Balaban J connectivity index is 1.70. The molecule has 0 bridgehead atoms. The summed E-state index contributed by atoms with van der Waals surface area (Å²) in [5.41, 5.74) is -1.27. The predicted octanol–water partition coefficient (Wildman–Crippen LogP) is 3.97. The summed E-state index contributed by atoms with van der Waals surface area (Å²) in [5.74, 6) is -3.88. The van der Waals surface area contributed by atoms with Crippen LogP contribution in [0.1, 0.15) is 21.9 Å². The Morgan fingerprint density at radius 1 is 1.03 bits per heavy atom. The van der Waals surface area contributed by atoms with E-state index < -0.39 is 51.2 Å². The second-order valence-electron chi connectivity index (χ2n) is 8.05. The van der Waals surface area contributed by atoms with Gasteiger partial charge in [-0.05, 0) is 29.8 Å². The van der Waals surface area contributed by atoms with Crippen molar-refractivity contribution in [2.24, 2.45) is 5.92 Å². The van der Waals surface area contributed by atoms with Gasteiger partial charge in [0.25, 0.3) is 0 Å². The number of aromatic amines is 1. The number of alkyl halides is 3. The number of hydrogen-bond acceptors (Lipinski definition) is 8. The van der Waals surface area contributed by atoms with E-state index in [4.69, 9.17) is 9.47 Å². The number of nitrogens with zero attached hydrogens (tertiary/aromatic N) is 1. The topological polar surface area (TPSA) is 109 Å². The molecule has 1 saturated heterocycles. The van der Waals surface area contributed by atoms with Gasteiger partial charge in [-0.1, -0.05) is 35.2 Å². The normalized spacial score (nSPS) is 21.4. The monoisotopic (exact) mass is 538 g/mol. The second kappa shape index (κ2) is 8.59. The third kappa shape index (κ3) is 3.64. The van der Waals surface area contributed by atoms with Crippen LogP contribution < -0.4 is 19.2 Å². The van der Waals surface area contributed by atoms with E-state index in [0.29, 0.717) is 20.4 Å². The van der Waals surface area contributed by atoms with Crippen LogP contribution in [0.5, 0.6) is 17.2 Å². The molecule has 5 rings (SSSR count). The third-order valence-electron chi connectivity index (χ3n) is 6.14. The first-order chi connectivity index (χ1) is 17.1. The number of hydrogen-bond donors (Lipinski definition) is 2. The summed E-state index contributed by atoms with van der Waals surface area (Å²) in [6.07, 6.45) is -4.79. The van der Waals surface area contributed by atoms with E-state index in [1.807, 2.05) is 0 Å². The summed E-state index contributed by atoms with van der Waals surface area (Å²) in [5, 5.41) is 9.61. The number of thiazole rings is 1. The van der Waals surface area contributed by atoms with Gasteiger partial charge < -0.3 is 19.6 Å². The number of phenolic OH excluding ortho intramolecular Hbond substituents is 1. The number of para-hydroxylation sites is 1. The number of phenols is 1. The molecule has 36 heavy (non-hydrogen) atoms. The fourth-order valence-corrected chi connectivity index (χ4v) is 7.13. The molecule has 2 amide bonds. The molecule has 1 aromatic heterocycles. The van der Waals surface area contributed by atoms with Crippen molar-refractivity contribution >= 4 is 40.6 Å². The van der Waals surface area contributed by atoms with E-state index in [1.54, 1.807) is 0 Å².